The van der Waals surface area contributed by atoms with E-state index in [-0.39, 0.29) is 18.0 Å². The van der Waals surface area contributed by atoms with E-state index in [4.69, 9.17) is 11.6 Å². The van der Waals surface area contributed by atoms with Crippen LogP contribution in [0.25, 0.3) is 11.3 Å². The molecule has 36 heavy (non-hydrogen) atoms. The van der Waals surface area contributed by atoms with Crippen LogP contribution < -0.4 is 5.32 Å². The van der Waals surface area contributed by atoms with Crippen molar-refractivity contribution in [2.45, 2.75) is 22.7 Å². The van der Waals surface area contributed by atoms with Gasteiger partial charge in [-0.2, -0.15) is 0 Å². The number of rotatable bonds is 7. The number of nitrogens with one attached hydrogen (secondary N) is 1. The summed E-state index contributed by atoms with van der Waals surface area (Å²) >= 11 is 8.63. The normalized spacial score (nSPS) is 18.9. The summed E-state index contributed by atoms with van der Waals surface area (Å²) in [6, 6.07) is 19.5. The van der Waals surface area contributed by atoms with E-state index >= 15 is 0 Å². The van der Waals surface area contributed by atoms with Crippen LogP contribution in [0.4, 0.5) is 0 Å². The Morgan fingerprint density at radius 3 is 2.58 bits per heavy atom. The van der Waals surface area contributed by atoms with Gasteiger partial charge >= 0.3 is 5.97 Å². The molecule has 7 nitrogen and oxygen atoms in total. The van der Waals surface area contributed by atoms with Crippen LogP contribution in [0.3, 0.4) is 0 Å². The molecule has 2 aliphatic heterocycles. The SMILES string of the molecule is O=C(Cc1ccc(Cl)cc1)N[C@@H]1C(=O)N2C(C(=O)O)=C(Sc3cccnc3-c3ccccc3)CS[C@@H]12. The van der Waals surface area contributed by atoms with E-state index in [2.05, 4.69) is 10.3 Å². The zero-order chi connectivity index (χ0) is 25.2. The lowest BCUT2D eigenvalue weighted by atomic mass is 10.0. The van der Waals surface area contributed by atoms with Crippen molar-refractivity contribution < 1.29 is 19.5 Å². The fourth-order valence-electron chi connectivity index (χ4n) is 4.10. The summed E-state index contributed by atoms with van der Waals surface area (Å²) in [5.41, 5.74) is 2.39. The minimum absolute atomic E-state index is 0.0418. The number of hydrogen-bond acceptors (Lipinski definition) is 6. The van der Waals surface area contributed by atoms with Gasteiger partial charge < -0.3 is 10.4 Å². The van der Waals surface area contributed by atoms with Crippen molar-refractivity contribution in [1.82, 2.24) is 15.2 Å². The molecule has 0 bridgehead atoms. The highest BCUT2D eigenvalue weighted by Gasteiger charge is 2.54. The lowest BCUT2D eigenvalue weighted by molar-refractivity contribution is -0.150. The van der Waals surface area contributed by atoms with Gasteiger partial charge in [0.05, 0.1) is 12.1 Å². The van der Waals surface area contributed by atoms with Crippen molar-refractivity contribution in [1.29, 1.82) is 0 Å². The number of pyridine rings is 1. The number of thioether (sulfide) groups is 2. The number of carbonyl (C=O) groups is 3. The van der Waals surface area contributed by atoms with Gasteiger partial charge in [0.1, 0.15) is 17.1 Å². The van der Waals surface area contributed by atoms with Gasteiger partial charge in [0, 0.05) is 32.3 Å². The Hall–Kier alpha value is -3.27. The van der Waals surface area contributed by atoms with Crippen molar-refractivity contribution in [3.8, 4) is 11.3 Å². The van der Waals surface area contributed by atoms with Crippen LogP contribution in [0.15, 0.2) is 88.4 Å². The van der Waals surface area contributed by atoms with Crippen LogP contribution in [-0.4, -0.2) is 49.9 Å². The van der Waals surface area contributed by atoms with Gasteiger partial charge in [0.15, 0.2) is 0 Å². The van der Waals surface area contributed by atoms with Crippen LogP contribution >= 0.6 is 35.1 Å². The topological polar surface area (TPSA) is 99.6 Å². The average Bonchev–Trinajstić information content (AvgIpc) is 2.89. The second kappa shape index (κ2) is 10.4. The molecular weight excluding hydrogens is 518 g/mol. The third-order valence-electron chi connectivity index (χ3n) is 5.78. The molecule has 1 aromatic heterocycles. The Labute approximate surface area is 220 Å². The quantitative estimate of drug-likeness (QED) is 0.430. The predicted molar refractivity (Wildman–Crippen MR) is 140 cm³/mol. The molecule has 2 aliphatic rings. The maximum Gasteiger partial charge on any atom is 0.353 e. The van der Waals surface area contributed by atoms with Crippen LogP contribution in [0.2, 0.25) is 5.02 Å². The van der Waals surface area contributed by atoms with E-state index in [0.29, 0.717) is 15.7 Å². The summed E-state index contributed by atoms with van der Waals surface area (Å²) in [5.74, 6) is -1.51. The van der Waals surface area contributed by atoms with Gasteiger partial charge in [-0.1, -0.05) is 65.8 Å². The number of carboxylic acid groups (broad SMARTS) is 1. The molecule has 1 fully saturated rings. The first-order chi connectivity index (χ1) is 17.4. The number of amides is 2. The van der Waals surface area contributed by atoms with Gasteiger partial charge in [0.2, 0.25) is 5.91 Å². The summed E-state index contributed by atoms with van der Waals surface area (Å²) in [4.78, 5) is 44.9. The molecule has 10 heteroatoms. The first kappa shape index (κ1) is 24.4. The fraction of sp³-hybridized carbons (Fsp3) is 0.154. The second-order valence-corrected chi connectivity index (χ2v) is 10.8. The van der Waals surface area contributed by atoms with E-state index in [1.165, 1.54) is 28.4 Å². The van der Waals surface area contributed by atoms with Gasteiger partial charge in [-0.3, -0.25) is 19.5 Å². The molecule has 2 N–H and O–H groups in total. The zero-order valence-electron chi connectivity index (χ0n) is 18.8. The Bertz CT molecular complexity index is 1370. The number of benzene rings is 2. The number of nitrogens with zero attached hydrogens (tertiary/aromatic N) is 2. The monoisotopic (exact) mass is 537 g/mol. The van der Waals surface area contributed by atoms with E-state index in [0.717, 1.165) is 21.7 Å². The molecule has 5 rings (SSSR count). The molecule has 0 saturated carbocycles. The van der Waals surface area contributed by atoms with Crippen LogP contribution in [0.5, 0.6) is 0 Å². The third-order valence-corrected chi connectivity index (χ3v) is 8.63. The van der Waals surface area contributed by atoms with Crippen molar-refractivity contribution in [3.63, 3.8) is 0 Å². The Kier molecular flexibility index (Phi) is 7.04. The van der Waals surface area contributed by atoms with Gasteiger partial charge in [-0.05, 0) is 29.8 Å². The smallest absolute Gasteiger partial charge is 0.353 e. The summed E-state index contributed by atoms with van der Waals surface area (Å²) in [6.45, 7) is 0. The zero-order valence-corrected chi connectivity index (χ0v) is 21.1. The lowest BCUT2D eigenvalue weighted by Crippen LogP contribution is -2.70. The highest BCUT2D eigenvalue weighted by atomic mass is 35.5. The number of aliphatic carboxylic acids is 1. The molecule has 2 aromatic carbocycles. The molecule has 182 valence electrons. The largest absolute Gasteiger partial charge is 0.477 e. The molecule has 2 atom stereocenters. The molecule has 3 aromatic rings. The van der Waals surface area contributed by atoms with Crippen LogP contribution in [0, 0.1) is 0 Å². The van der Waals surface area contributed by atoms with Crippen molar-refractivity contribution in [2.24, 2.45) is 0 Å². The fourth-order valence-corrected chi connectivity index (χ4v) is 6.82. The number of carbonyl (C=O) groups excluding carboxylic acids is 2. The third kappa shape index (κ3) is 4.86. The Balaban J connectivity index is 1.34. The minimum atomic E-state index is -1.17. The van der Waals surface area contributed by atoms with Gasteiger partial charge in [-0.15, -0.1) is 11.8 Å². The Morgan fingerprint density at radius 1 is 1.11 bits per heavy atom. The molecule has 0 radical (unpaired) electrons. The number of aromatic nitrogens is 1. The minimum Gasteiger partial charge on any atom is -0.477 e. The van der Waals surface area contributed by atoms with Gasteiger partial charge in [-0.25, -0.2) is 4.79 Å². The number of carboxylic acids is 1. The average molecular weight is 538 g/mol. The predicted octanol–water partition coefficient (Wildman–Crippen LogP) is 4.43. The number of halogens is 1. The molecule has 3 heterocycles. The molecule has 1 saturated heterocycles. The Morgan fingerprint density at radius 2 is 1.86 bits per heavy atom. The van der Waals surface area contributed by atoms with E-state index in [1.54, 1.807) is 36.5 Å². The molecular formula is C26H20ClN3O4S2. The summed E-state index contributed by atoms with van der Waals surface area (Å²) < 4.78 is 0. The highest BCUT2D eigenvalue weighted by molar-refractivity contribution is 8.06. The lowest BCUT2D eigenvalue weighted by Gasteiger charge is -2.49. The number of fused-ring (bicyclic) bond motifs is 1. The van der Waals surface area contributed by atoms with Crippen molar-refractivity contribution in [3.05, 3.63) is 94.1 Å². The van der Waals surface area contributed by atoms with Crippen molar-refractivity contribution in [2.75, 3.05) is 5.75 Å². The van der Waals surface area contributed by atoms with E-state index < -0.39 is 23.3 Å². The van der Waals surface area contributed by atoms with Crippen LogP contribution in [0.1, 0.15) is 5.56 Å². The van der Waals surface area contributed by atoms with E-state index in [1.807, 2.05) is 36.4 Å². The van der Waals surface area contributed by atoms with Crippen LogP contribution in [-0.2, 0) is 20.8 Å². The summed E-state index contributed by atoms with van der Waals surface area (Å²) in [6.07, 6.45) is 1.80. The molecule has 0 unspecified atom stereocenters. The molecule has 0 spiro atoms. The first-order valence-corrected chi connectivity index (χ1v) is 13.3. The maximum atomic E-state index is 13.0. The first-order valence-electron chi connectivity index (χ1n) is 11.1. The van der Waals surface area contributed by atoms with E-state index in [9.17, 15) is 19.5 Å². The molecule has 0 aliphatic carbocycles. The highest BCUT2D eigenvalue weighted by Crippen LogP contribution is 2.46. The second-order valence-electron chi connectivity index (χ2n) is 8.15. The summed E-state index contributed by atoms with van der Waals surface area (Å²) in [5, 5.41) is 12.9. The number of hydrogen-bond donors (Lipinski definition) is 2. The standard InChI is InChI=1S/C26H20ClN3O4S2/c27-17-10-8-15(9-11-17)13-20(31)29-22-24(32)30-23(26(33)34)19(14-35-25(22)30)36-18-7-4-12-28-21(18)16-5-2-1-3-6-16/h1-12,22,25H,13-14H2,(H,29,31)(H,33,34)/t22-,25+/m1/s1. The maximum absolute atomic E-state index is 13.0. The van der Waals surface area contributed by atoms with Gasteiger partial charge in [0.25, 0.3) is 5.91 Å². The van der Waals surface area contributed by atoms with Crippen molar-refractivity contribution >= 4 is 52.9 Å². The number of β-lactam (4-membered cyclic amide) rings is 1. The summed E-state index contributed by atoms with van der Waals surface area (Å²) in [7, 11) is 0. The molecule has 2 amide bonds.